The fraction of sp³-hybridized carbons (Fsp3) is 0. The van der Waals surface area contributed by atoms with Crippen molar-refractivity contribution in [2.45, 2.75) is 0 Å². The first kappa shape index (κ1) is 37.3. The number of aromatic nitrogens is 1. The lowest BCUT2D eigenvalue weighted by atomic mass is 9.91. The Morgan fingerprint density at radius 1 is 0.292 bits per heavy atom. The van der Waals surface area contributed by atoms with Crippen molar-refractivity contribution in [3.8, 4) is 39.1 Å². The quantitative estimate of drug-likeness (QED) is 0.145. The van der Waals surface area contributed by atoms with Crippen LogP contribution in [-0.4, -0.2) is 4.57 Å². The van der Waals surface area contributed by atoms with Crippen molar-refractivity contribution >= 4 is 91.9 Å². The number of anilines is 3. The zero-order valence-corrected chi connectivity index (χ0v) is 36.2. The van der Waals surface area contributed by atoms with Crippen LogP contribution in [0.25, 0.3) is 103 Å². The Hall–Kier alpha value is -8.24. The molecule has 0 saturated heterocycles. The van der Waals surface area contributed by atoms with Crippen molar-refractivity contribution in [1.29, 1.82) is 0 Å². The maximum Gasteiger partial charge on any atom is 0.0541 e. The molecule has 0 saturated carbocycles. The Bertz CT molecular complexity index is 3900. The molecule has 3 heteroatoms. The zero-order valence-electron chi connectivity index (χ0n) is 35.4. The largest absolute Gasteiger partial charge is 0.310 e. The van der Waals surface area contributed by atoms with E-state index in [2.05, 4.69) is 252 Å². The van der Waals surface area contributed by atoms with Gasteiger partial charge in [-0.05, 0) is 128 Å². The highest BCUT2D eigenvalue weighted by Gasteiger charge is 2.21. The summed E-state index contributed by atoms with van der Waals surface area (Å²) in [6, 6.07) is 89.1. The summed E-state index contributed by atoms with van der Waals surface area (Å²) in [7, 11) is 0. The molecule has 0 bridgehead atoms. The minimum Gasteiger partial charge on any atom is -0.310 e. The van der Waals surface area contributed by atoms with Gasteiger partial charge in [0.15, 0.2) is 0 Å². The minimum atomic E-state index is 1.09. The molecule has 13 aromatic rings. The Kier molecular flexibility index (Phi) is 8.75. The topological polar surface area (TPSA) is 8.17 Å². The number of hydrogen-bond acceptors (Lipinski definition) is 2. The van der Waals surface area contributed by atoms with Crippen LogP contribution in [-0.2, 0) is 0 Å². The van der Waals surface area contributed by atoms with Gasteiger partial charge in [-0.15, -0.1) is 11.3 Å². The number of hydrogen-bond donors (Lipinski definition) is 0. The van der Waals surface area contributed by atoms with Gasteiger partial charge < -0.3 is 9.47 Å². The minimum absolute atomic E-state index is 1.09. The summed E-state index contributed by atoms with van der Waals surface area (Å²) >= 11 is 1.86. The molecule has 0 spiro atoms. The second kappa shape index (κ2) is 15.2. The number of rotatable bonds is 7. The molecule has 2 heterocycles. The molecule has 2 aromatic heterocycles. The van der Waals surface area contributed by atoms with E-state index in [1.165, 1.54) is 96.9 Å². The first-order valence-corrected chi connectivity index (χ1v) is 23.1. The molecule has 0 amide bonds. The van der Waals surface area contributed by atoms with Gasteiger partial charge in [-0.2, -0.15) is 0 Å². The van der Waals surface area contributed by atoms with Crippen LogP contribution in [0, 0.1) is 0 Å². The lowest BCUT2D eigenvalue weighted by molar-refractivity contribution is 1.18. The van der Waals surface area contributed by atoms with Gasteiger partial charge in [0.25, 0.3) is 0 Å². The summed E-state index contributed by atoms with van der Waals surface area (Å²) in [6.45, 7) is 0. The van der Waals surface area contributed by atoms with Crippen LogP contribution in [0.5, 0.6) is 0 Å². The van der Waals surface area contributed by atoms with E-state index in [0.29, 0.717) is 0 Å². The highest BCUT2D eigenvalue weighted by Crippen LogP contribution is 2.46. The summed E-state index contributed by atoms with van der Waals surface area (Å²) in [4.78, 5) is 2.40. The molecule has 0 aliphatic rings. The summed E-state index contributed by atoms with van der Waals surface area (Å²) < 4.78 is 5.05. The summed E-state index contributed by atoms with van der Waals surface area (Å²) in [6.07, 6.45) is 0. The SMILES string of the molecule is c1ccc(N(c2ccc(-c3cc4ccccc4c4ccccc34)cc2)c2ccc(-c3ccccc3-n3c4ccccc4c4ccccc43)c(-c3ccc4sc5ccccc5c4c3)c2)cc1. The molecule has 0 aliphatic heterocycles. The predicted octanol–water partition coefficient (Wildman–Crippen LogP) is 17.9. The highest BCUT2D eigenvalue weighted by atomic mass is 32.1. The maximum absolute atomic E-state index is 2.45. The second-order valence-electron chi connectivity index (χ2n) is 16.8. The van der Waals surface area contributed by atoms with Crippen LogP contribution < -0.4 is 4.90 Å². The Labute approximate surface area is 381 Å². The number of fused-ring (bicyclic) bond motifs is 9. The van der Waals surface area contributed by atoms with E-state index in [-0.39, 0.29) is 0 Å². The molecule has 304 valence electrons. The van der Waals surface area contributed by atoms with E-state index in [1.807, 2.05) is 11.3 Å². The van der Waals surface area contributed by atoms with Gasteiger partial charge in [-0.1, -0.05) is 164 Å². The van der Waals surface area contributed by atoms with Crippen LogP contribution in [0.1, 0.15) is 0 Å². The molecule has 0 radical (unpaired) electrons. The monoisotopic (exact) mass is 844 g/mol. The molecule has 0 fully saturated rings. The van der Waals surface area contributed by atoms with Crippen molar-refractivity contribution in [2.24, 2.45) is 0 Å². The van der Waals surface area contributed by atoms with Gasteiger partial charge in [-0.25, -0.2) is 0 Å². The van der Waals surface area contributed by atoms with Gasteiger partial charge in [0.1, 0.15) is 0 Å². The van der Waals surface area contributed by atoms with Crippen molar-refractivity contribution in [2.75, 3.05) is 4.90 Å². The zero-order chi connectivity index (χ0) is 42.8. The number of para-hydroxylation sites is 4. The van der Waals surface area contributed by atoms with E-state index < -0.39 is 0 Å². The molecular formula is C62H40N2S. The third kappa shape index (κ3) is 6.16. The van der Waals surface area contributed by atoms with Gasteiger partial charge in [-0.3, -0.25) is 0 Å². The Morgan fingerprint density at radius 3 is 1.65 bits per heavy atom. The van der Waals surface area contributed by atoms with E-state index in [0.717, 1.165) is 22.7 Å². The smallest absolute Gasteiger partial charge is 0.0541 e. The van der Waals surface area contributed by atoms with E-state index in [9.17, 15) is 0 Å². The molecule has 11 aromatic carbocycles. The van der Waals surface area contributed by atoms with Crippen molar-refractivity contribution in [1.82, 2.24) is 4.57 Å². The van der Waals surface area contributed by atoms with Crippen molar-refractivity contribution in [3.63, 3.8) is 0 Å². The van der Waals surface area contributed by atoms with Crippen LogP contribution in [0.15, 0.2) is 243 Å². The molecule has 2 nitrogen and oxygen atoms in total. The summed E-state index contributed by atoms with van der Waals surface area (Å²) in [5, 5.41) is 10.1. The van der Waals surface area contributed by atoms with E-state index >= 15 is 0 Å². The lowest BCUT2D eigenvalue weighted by Gasteiger charge is -2.27. The van der Waals surface area contributed by atoms with Crippen LogP contribution in [0.2, 0.25) is 0 Å². The standard InChI is InChI=1S/C62H40N2S/c1-2-17-44(18-3-1)63(45-33-30-41(31-34-45)55-38-42-16-4-5-19-47(42)48-20-6-7-21-49(48)55)46-35-36-50(56(40-46)43-32-37-62-57(39-43)54-25-11-15-29-61(54)65-62)51-22-8-12-26-58(51)64-59-27-13-9-23-52(59)53-24-10-14-28-60(53)64/h1-40H. The Morgan fingerprint density at radius 2 is 0.862 bits per heavy atom. The van der Waals surface area contributed by atoms with Crippen molar-refractivity contribution < 1.29 is 0 Å². The van der Waals surface area contributed by atoms with Crippen LogP contribution in [0.4, 0.5) is 17.1 Å². The van der Waals surface area contributed by atoms with Crippen LogP contribution >= 0.6 is 11.3 Å². The fourth-order valence-electron chi connectivity index (χ4n) is 10.2. The first-order valence-electron chi connectivity index (χ1n) is 22.2. The molecule has 65 heavy (non-hydrogen) atoms. The molecule has 0 aliphatic carbocycles. The summed E-state index contributed by atoms with van der Waals surface area (Å²) in [5.41, 5.74) is 14.0. The number of benzene rings is 11. The van der Waals surface area contributed by atoms with Gasteiger partial charge in [0.05, 0.1) is 16.7 Å². The fourth-order valence-corrected chi connectivity index (χ4v) is 11.3. The second-order valence-corrected chi connectivity index (χ2v) is 17.9. The highest BCUT2D eigenvalue weighted by molar-refractivity contribution is 7.25. The summed E-state index contributed by atoms with van der Waals surface area (Å²) in [5.74, 6) is 0. The number of nitrogens with zero attached hydrogens (tertiary/aromatic N) is 2. The molecule has 13 rings (SSSR count). The first-order chi connectivity index (χ1) is 32.2. The maximum atomic E-state index is 2.45. The number of thiophene rings is 1. The lowest BCUT2D eigenvalue weighted by Crippen LogP contribution is -2.10. The van der Waals surface area contributed by atoms with Gasteiger partial charge >= 0.3 is 0 Å². The average Bonchev–Trinajstić information content (AvgIpc) is 3.92. The third-order valence-electron chi connectivity index (χ3n) is 13.2. The molecule has 0 N–H and O–H groups in total. The Balaban J connectivity index is 1.02. The molecule has 0 unspecified atom stereocenters. The average molecular weight is 845 g/mol. The molecular weight excluding hydrogens is 805 g/mol. The third-order valence-corrected chi connectivity index (χ3v) is 14.3. The predicted molar refractivity (Wildman–Crippen MR) is 280 cm³/mol. The molecule has 0 atom stereocenters. The van der Waals surface area contributed by atoms with Crippen molar-refractivity contribution in [3.05, 3.63) is 243 Å². The van der Waals surface area contributed by atoms with E-state index in [4.69, 9.17) is 0 Å². The van der Waals surface area contributed by atoms with Crippen LogP contribution in [0.3, 0.4) is 0 Å². The van der Waals surface area contributed by atoms with Gasteiger partial charge in [0.2, 0.25) is 0 Å². The normalized spacial score (nSPS) is 11.7. The van der Waals surface area contributed by atoms with Gasteiger partial charge in [0, 0.05) is 53.6 Å². The van der Waals surface area contributed by atoms with E-state index in [1.54, 1.807) is 0 Å².